The molecular formula is C16H19FN2OS. The molecule has 3 nitrogen and oxygen atoms in total. The lowest BCUT2D eigenvalue weighted by Gasteiger charge is -2.20. The Morgan fingerprint density at radius 1 is 1.33 bits per heavy atom. The number of thiophene rings is 1. The number of rotatable bonds is 6. The minimum absolute atomic E-state index is 0.0812. The Bertz CT molecular complexity index is 571. The Morgan fingerprint density at radius 3 is 2.86 bits per heavy atom. The van der Waals surface area contributed by atoms with E-state index in [1.165, 1.54) is 12.1 Å². The molecule has 0 aliphatic rings. The van der Waals surface area contributed by atoms with Gasteiger partial charge in [0.15, 0.2) is 0 Å². The second-order valence-electron chi connectivity index (χ2n) is 4.71. The van der Waals surface area contributed by atoms with Gasteiger partial charge in [-0.15, -0.1) is 11.3 Å². The molecule has 1 aromatic heterocycles. The fourth-order valence-electron chi connectivity index (χ4n) is 2.04. The van der Waals surface area contributed by atoms with Gasteiger partial charge in [-0.25, -0.2) is 9.18 Å². The van der Waals surface area contributed by atoms with Crippen molar-refractivity contribution in [3.8, 4) is 0 Å². The first-order valence-electron chi connectivity index (χ1n) is 6.98. The predicted octanol–water partition coefficient (Wildman–Crippen LogP) is 3.66. The summed E-state index contributed by atoms with van der Waals surface area (Å²) in [5.74, 6) is -0.244. The summed E-state index contributed by atoms with van der Waals surface area (Å²) >= 11 is 1.64. The number of nitrogens with one attached hydrogen (secondary N) is 1. The molecule has 2 aromatic rings. The summed E-state index contributed by atoms with van der Waals surface area (Å²) in [6, 6.07) is 10.4. The Morgan fingerprint density at radius 2 is 2.19 bits per heavy atom. The highest BCUT2D eigenvalue weighted by atomic mass is 32.1. The van der Waals surface area contributed by atoms with Gasteiger partial charge in [-0.05, 0) is 42.5 Å². The molecule has 0 radical (unpaired) electrons. The molecule has 0 fully saturated rings. The smallest absolute Gasteiger partial charge is 0.317 e. The molecule has 21 heavy (non-hydrogen) atoms. The van der Waals surface area contributed by atoms with E-state index in [1.54, 1.807) is 22.3 Å². The average Bonchev–Trinajstić information content (AvgIpc) is 2.97. The molecular weight excluding hydrogens is 287 g/mol. The molecule has 0 spiro atoms. The van der Waals surface area contributed by atoms with E-state index in [-0.39, 0.29) is 11.8 Å². The number of benzene rings is 1. The largest absolute Gasteiger partial charge is 0.338 e. The van der Waals surface area contributed by atoms with Crippen LogP contribution < -0.4 is 5.32 Å². The number of carbonyl (C=O) groups excluding carboxylic acids is 1. The zero-order chi connectivity index (χ0) is 15.1. The van der Waals surface area contributed by atoms with E-state index in [9.17, 15) is 9.18 Å². The molecule has 0 saturated carbocycles. The Labute approximate surface area is 128 Å². The summed E-state index contributed by atoms with van der Waals surface area (Å²) in [7, 11) is 0. The van der Waals surface area contributed by atoms with E-state index in [1.807, 2.05) is 30.5 Å². The molecule has 1 aromatic carbocycles. The second kappa shape index (κ2) is 7.78. The number of carbonyl (C=O) groups is 1. The lowest BCUT2D eigenvalue weighted by atomic mass is 10.1. The Hall–Kier alpha value is -1.88. The van der Waals surface area contributed by atoms with Crippen molar-refractivity contribution in [2.24, 2.45) is 0 Å². The van der Waals surface area contributed by atoms with Gasteiger partial charge >= 0.3 is 6.03 Å². The quantitative estimate of drug-likeness (QED) is 0.868. The van der Waals surface area contributed by atoms with Crippen LogP contribution in [0.3, 0.4) is 0 Å². The van der Waals surface area contributed by atoms with Crippen molar-refractivity contribution in [3.05, 3.63) is 58.0 Å². The van der Waals surface area contributed by atoms with Crippen LogP contribution in [0, 0.1) is 5.82 Å². The van der Waals surface area contributed by atoms with Gasteiger partial charge in [0.25, 0.3) is 0 Å². The monoisotopic (exact) mass is 306 g/mol. The van der Waals surface area contributed by atoms with E-state index < -0.39 is 0 Å². The molecule has 0 saturated heterocycles. The highest BCUT2D eigenvalue weighted by molar-refractivity contribution is 7.09. The van der Waals surface area contributed by atoms with Gasteiger partial charge in [-0.1, -0.05) is 18.2 Å². The van der Waals surface area contributed by atoms with Crippen molar-refractivity contribution in [2.75, 3.05) is 13.1 Å². The average molecular weight is 306 g/mol. The third kappa shape index (κ3) is 4.86. The van der Waals surface area contributed by atoms with E-state index in [0.717, 1.165) is 10.4 Å². The van der Waals surface area contributed by atoms with Crippen LogP contribution >= 0.6 is 11.3 Å². The fraction of sp³-hybridized carbons (Fsp3) is 0.312. The maximum atomic E-state index is 13.1. The van der Waals surface area contributed by atoms with E-state index in [0.29, 0.717) is 26.1 Å². The van der Waals surface area contributed by atoms with Gasteiger partial charge in [0.1, 0.15) is 5.82 Å². The Balaban J connectivity index is 1.80. The maximum absolute atomic E-state index is 13.1. The molecule has 0 aliphatic heterocycles. The Kier molecular flexibility index (Phi) is 5.75. The number of hydrogen-bond acceptors (Lipinski definition) is 2. The predicted molar refractivity (Wildman–Crippen MR) is 83.9 cm³/mol. The van der Waals surface area contributed by atoms with Crippen LogP contribution in [-0.2, 0) is 13.0 Å². The molecule has 1 N–H and O–H groups in total. The van der Waals surface area contributed by atoms with Crippen molar-refractivity contribution in [1.82, 2.24) is 10.2 Å². The summed E-state index contributed by atoms with van der Waals surface area (Å²) in [6.45, 7) is 3.74. The number of halogens is 1. The minimum atomic E-state index is -0.244. The van der Waals surface area contributed by atoms with Crippen LogP contribution in [-0.4, -0.2) is 24.0 Å². The van der Waals surface area contributed by atoms with E-state index >= 15 is 0 Å². The van der Waals surface area contributed by atoms with Crippen molar-refractivity contribution in [3.63, 3.8) is 0 Å². The normalized spacial score (nSPS) is 10.4. The zero-order valence-corrected chi connectivity index (χ0v) is 12.8. The molecule has 5 heteroatoms. The minimum Gasteiger partial charge on any atom is -0.338 e. The first-order valence-corrected chi connectivity index (χ1v) is 7.86. The van der Waals surface area contributed by atoms with Crippen LogP contribution in [0.25, 0.3) is 0 Å². The number of hydrogen-bond donors (Lipinski definition) is 1. The first-order chi connectivity index (χ1) is 10.2. The van der Waals surface area contributed by atoms with Crippen LogP contribution in [0.1, 0.15) is 17.4 Å². The van der Waals surface area contributed by atoms with Crippen LogP contribution in [0.4, 0.5) is 9.18 Å². The fourth-order valence-corrected chi connectivity index (χ4v) is 2.76. The molecule has 112 valence electrons. The lowest BCUT2D eigenvalue weighted by Crippen LogP contribution is -2.40. The number of amides is 2. The van der Waals surface area contributed by atoms with Gasteiger partial charge in [-0.3, -0.25) is 0 Å². The second-order valence-corrected chi connectivity index (χ2v) is 5.74. The van der Waals surface area contributed by atoms with Crippen LogP contribution in [0.5, 0.6) is 0 Å². The van der Waals surface area contributed by atoms with E-state index in [2.05, 4.69) is 5.32 Å². The van der Waals surface area contributed by atoms with Crippen LogP contribution in [0.15, 0.2) is 41.8 Å². The van der Waals surface area contributed by atoms with Crippen molar-refractivity contribution < 1.29 is 9.18 Å². The van der Waals surface area contributed by atoms with Gasteiger partial charge in [0, 0.05) is 18.0 Å². The van der Waals surface area contributed by atoms with Gasteiger partial charge in [0.2, 0.25) is 0 Å². The highest BCUT2D eigenvalue weighted by Crippen LogP contribution is 2.11. The number of urea groups is 1. The van der Waals surface area contributed by atoms with Crippen molar-refractivity contribution >= 4 is 17.4 Å². The maximum Gasteiger partial charge on any atom is 0.317 e. The molecule has 0 atom stereocenters. The summed E-state index contributed by atoms with van der Waals surface area (Å²) in [4.78, 5) is 15.0. The lowest BCUT2D eigenvalue weighted by molar-refractivity contribution is 0.199. The molecule has 0 unspecified atom stereocenters. The van der Waals surface area contributed by atoms with Gasteiger partial charge < -0.3 is 10.2 Å². The molecule has 1 heterocycles. The molecule has 0 aliphatic carbocycles. The summed E-state index contributed by atoms with van der Waals surface area (Å²) in [5, 5.41) is 4.89. The summed E-state index contributed by atoms with van der Waals surface area (Å²) in [6.07, 6.45) is 0.625. The van der Waals surface area contributed by atoms with Gasteiger partial charge in [0.05, 0.1) is 6.54 Å². The van der Waals surface area contributed by atoms with E-state index in [4.69, 9.17) is 0 Å². The molecule has 2 rings (SSSR count). The standard InChI is InChI=1S/C16H19FN2OS/c1-2-19(12-15-7-4-10-21-15)16(20)18-9-8-13-5-3-6-14(17)11-13/h3-7,10-11H,2,8-9,12H2,1H3,(H,18,20). The third-order valence-electron chi connectivity index (χ3n) is 3.17. The molecule has 0 bridgehead atoms. The van der Waals surface area contributed by atoms with Crippen molar-refractivity contribution in [1.29, 1.82) is 0 Å². The molecule has 2 amide bonds. The van der Waals surface area contributed by atoms with Gasteiger partial charge in [-0.2, -0.15) is 0 Å². The summed E-state index contributed by atoms with van der Waals surface area (Å²) in [5.41, 5.74) is 0.886. The SMILES string of the molecule is CCN(Cc1cccs1)C(=O)NCCc1cccc(F)c1. The third-order valence-corrected chi connectivity index (χ3v) is 4.04. The summed E-state index contributed by atoms with van der Waals surface area (Å²) < 4.78 is 13.1. The first kappa shape index (κ1) is 15.5. The topological polar surface area (TPSA) is 32.3 Å². The zero-order valence-electron chi connectivity index (χ0n) is 12.0. The number of nitrogens with zero attached hydrogens (tertiary/aromatic N) is 1. The van der Waals surface area contributed by atoms with Crippen LogP contribution in [0.2, 0.25) is 0 Å². The highest BCUT2D eigenvalue weighted by Gasteiger charge is 2.11. The van der Waals surface area contributed by atoms with Crippen molar-refractivity contribution in [2.45, 2.75) is 19.9 Å².